The third kappa shape index (κ3) is 4.94. The molecule has 2 aliphatic rings. The van der Waals surface area contributed by atoms with Gasteiger partial charge in [-0.25, -0.2) is 8.42 Å². The van der Waals surface area contributed by atoms with E-state index < -0.39 is 55.7 Å². The van der Waals surface area contributed by atoms with E-state index in [2.05, 4.69) is 10.3 Å². The van der Waals surface area contributed by atoms with Crippen molar-refractivity contribution in [2.45, 2.75) is 41.2 Å². The van der Waals surface area contributed by atoms with E-state index in [1.54, 1.807) is 0 Å². The number of alkyl halides is 6. The van der Waals surface area contributed by atoms with Crippen LogP contribution >= 0.6 is 0 Å². The van der Waals surface area contributed by atoms with Gasteiger partial charge in [0, 0.05) is 38.3 Å². The molecule has 3 atom stereocenters. The molecule has 0 bridgehead atoms. The van der Waals surface area contributed by atoms with Crippen LogP contribution in [0, 0.1) is 0 Å². The van der Waals surface area contributed by atoms with Crippen LogP contribution in [0.4, 0.5) is 26.3 Å². The number of nitrogens with zero attached hydrogens (tertiary/aromatic N) is 2. The van der Waals surface area contributed by atoms with Crippen LogP contribution < -0.4 is 10.1 Å². The second kappa shape index (κ2) is 8.44. The van der Waals surface area contributed by atoms with E-state index in [9.17, 15) is 34.8 Å². The molecule has 2 aromatic rings. The van der Waals surface area contributed by atoms with E-state index in [1.165, 1.54) is 0 Å². The molecule has 0 spiro atoms. The van der Waals surface area contributed by atoms with Crippen molar-refractivity contribution in [2.75, 3.05) is 19.6 Å². The number of sulfone groups is 1. The second-order valence-corrected chi connectivity index (χ2v) is 9.96. The fourth-order valence-corrected chi connectivity index (χ4v) is 6.06. The average molecular weight is 495 g/mol. The highest BCUT2D eigenvalue weighted by Crippen LogP contribution is 2.35. The zero-order valence-corrected chi connectivity index (χ0v) is 17.7. The first-order valence-corrected chi connectivity index (χ1v) is 11.5. The fraction of sp³-hybridized carbons (Fsp3) is 0.450. The van der Waals surface area contributed by atoms with Crippen molar-refractivity contribution >= 4 is 9.84 Å². The molecule has 3 unspecified atom stereocenters. The van der Waals surface area contributed by atoms with Gasteiger partial charge in [0.2, 0.25) is 0 Å². The molecule has 1 aromatic carbocycles. The van der Waals surface area contributed by atoms with Crippen LogP contribution in [0.1, 0.15) is 17.5 Å². The van der Waals surface area contributed by atoms with Crippen LogP contribution in [0.2, 0.25) is 0 Å². The molecule has 33 heavy (non-hydrogen) atoms. The Morgan fingerprint density at radius 1 is 1.03 bits per heavy atom. The molecule has 1 N–H and O–H groups in total. The summed E-state index contributed by atoms with van der Waals surface area (Å²) in [6.45, 7) is 0.994. The van der Waals surface area contributed by atoms with E-state index in [0.717, 1.165) is 30.5 Å². The van der Waals surface area contributed by atoms with E-state index in [4.69, 9.17) is 4.74 Å². The highest BCUT2D eigenvalue weighted by atomic mass is 32.2. The molecule has 13 heteroatoms. The highest BCUT2D eigenvalue weighted by Gasteiger charge is 2.46. The molecular formula is C20H19F6N3O3S. The van der Waals surface area contributed by atoms with E-state index >= 15 is 0 Å². The maximum absolute atomic E-state index is 13.2. The SMILES string of the molecule is O=S(=O)(c1cccc(C(F)(F)F)c1)C1NCCN2CC(Oc3cncc(C(F)(F)F)c3)CC12. The number of rotatable bonds is 4. The van der Waals surface area contributed by atoms with Gasteiger partial charge >= 0.3 is 12.4 Å². The second-order valence-electron chi connectivity index (χ2n) is 7.89. The number of hydrogen-bond acceptors (Lipinski definition) is 6. The largest absolute Gasteiger partial charge is 0.487 e. The van der Waals surface area contributed by atoms with Crippen LogP contribution in [0.3, 0.4) is 0 Å². The molecule has 0 saturated carbocycles. The van der Waals surface area contributed by atoms with E-state index in [0.29, 0.717) is 18.8 Å². The Labute approximate surface area is 185 Å². The highest BCUT2D eigenvalue weighted by molar-refractivity contribution is 7.92. The quantitative estimate of drug-likeness (QED) is 0.657. The summed E-state index contributed by atoms with van der Waals surface area (Å²) in [6.07, 6.45) is -7.92. The predicted octanol–water partition coefficient (Wildman–Crippen LogP) is 3.34. The van der Waals surface area contributed by atoms with Gasteiger partial charge in [-0.3, -0.25) is 15.2 Å². The summed E-state index contributed by atoms with van der Waals surface area (Å²) in [5.41, 5.74) is -2.04. The number of hydrogen-bond donors (Lipinski definition) is 1. The number of benzene rings is 1. The molecule has 1 aromatic heterocycles. The first-order valence-electron chi connectivity index (χ1n) is 9.93. The van der Waals surface area contributed by atoms with E-state index in [1.807, 2.05) is 4.90 Å². The lowest BCUT2D eigenvalue weighted by Gasteiger charge is -2.36. The number of halogens is 6. The molecule has 0 amide bonds. The third-order valence-electron chi connectivity index (χ3n) is 5.67. The predicted molar refractivity (Wildman–Crippen MR) is 104 cm³/mol. The molecule has 2 aliphatic heterocycles. The van der Waals surface area contributed by atoms with Gasteiger partial charge < -0.3 is 4.74 Å². The number of piperazine rings is 1. The maximum atomic E-state index is 13.2. The van der Waals surface area contributed by atoms with Crippen molar-refractivity contribution in [1.29, 1.82) is 0 Å². The number of pyridine rings is 1. The minimum absolute atomic E-state index is 0.0973. The van der Waals surface area contributed by atoms with Gasteiger partial charge in [-0.05, 0) is 24.3 Å². The van der Waals surface area contributed by atoms with Crippen molar-refractivity contribution in [3.63, 3.8) is 0 Å². The van der Waals surface area contributed by atoms with Crippen LogP contribution in [0.5, 0.6) is 5.75 Å². The summed E-state index contributed by atoms with van der Waals surface area (Å²) in [6, 6.07) is 3.75. The van der Waals surface area contributed by atoms with E-state index in [-0.39, 0.29) is 25.3 Å². The topological polar surface area (TPSA) is 71.5 Å². The Bertz CT molecular complexity index is 1120. The average Bonchev–Trinajstić information content (AvgIpc) is 3.15. The Morgan fingerprint density at radius 2 is 1.76 bits per heavy atom. The maximum Gasteiger partial charge on any atom is 0.418 e. The molecule has 180 valence electrons. The molecule has 0 aliphatic carbocycles. The van der Waals surface area contributed by atoms with Crippen molar-refractivity contribution in [1.82, 2.24) is 15.2 Å². The van der Waals surface area contributed by atoms with Gasteiger partial charge in [0.15, 0.2) is 9.84 Å². The Morgan fingerprint density at radius 3 is 2.45 bits per heavy atom. The summed E-state index contributed by atoms with van der Waals surface area (Å²) >= 11 is 0. The Kier molecular flexibility index (Phi) is 6.08. The number of nitrogens with one attached hydrogen (secondary N) is 1. The molecule has 2 fully saturated rings. The third-order valence-corrected chi connectivity index (χ3v) is 7.73. The fourth-order valence-electron chi connectivity index (χ4n) is 4.18. The molecule has 6 nitrogen and oxygen atoms in total. The number of fused-ring (bicyclic) bond motifs is 1. The normalized spacial score (nSPS) is 24.5. The lowest BCUT2D eigenvalue weighted by atomic mass is 10.1. The zero-order valence-electron chi connectivity index (χ0n) is 16.9. The lowest BCUT2D eigenvalue weighted by molar-refractivity contribution is -0.138. The Hall–Kier alpha value is -2.38. The van der Waals surface area contributed by atoms with Crippen molar-refractivity contribution < 1.29 is 39.5 Å². The van der Waals surface area contributed by atoms with Crippen molar-refractivity contribution in [2.24, 2.45) is 0 Å². The van der Waals surface area contributed by atoms with Crippen LogP contribution in [0.15, 0.2) is 47.6 Å². The van der Waals surface area contributed by atoms with Gasteiger partial charge in [0.05, 0.1) is 22.2 Å². The van der Waals surface area contributed by atoms with Gasteiger partial charge in [0.25, 0.3) is 0 Å². The first kappa shape index (κ1) is 23.8. The number of ether oxygens (including phenoxy) is 1. The molecule has 2 saturated heterocycles. The first-order chi connectivity index (χ1) is 15.4. The minimum Gasteiger partial charge on any atom is -0.487 e. The summed E-state index contributed by atoms with van der Waals surface area (Å²) in [5.74, 6) is -0.0973. The van der Waals surface area contributed by atoms with Gasteiger partial charge in [-0.2, -0.15) is 26.3 Å². The van der Waals surface area contributed by atoms with Gasteiger partial charge in [-0.1, -0.05) is 6.07 Å². The summed E-state index contributed by atoms with van der Waals surface area (Å²) in [5, 5.41) is 1.68. The standard InChI is InChI=1S/C20H19F6N3O3S/c21-19(22,23)12-2-1-3-16(7-12)33(30,31)18-17-8-15(11-29(17)5-4-28-18)32-14-6-13(9-27-10-14)20(24,25)26/h1-3,6-7,9-10,15,17-18,28H,4-5,8,11H2. The molecule has 4 rings (SSSR count). The Balaban J connectivity index is 1.54. The van der Waals surface area contributed by atoms with Crippen molar-refractivity contribution in [3.05, 3.63) is 53.9 Å². The lowest BCUT2D eigenvalue weighted by Crippen LogP contribution is -2.58. The minimum atomic E-state index is -4.69. The van der Waals surface area contributed by atoms with Crippen molar-refractivity contribution in [3.8, 4) is 5.75 Å². The smallest absolute Gasteiger partial charge is 0.418 e. The summed E-state index contributed by atoms with van der Waals surface area (Å²) in [4.78, 5) is 4.91. The van der Waals surface area contributed by atoms with Gasteiger partial charge in [0.1, 0.15) is 17.2 Å². The van der Waals surface area contributed by atoms with Crippen LogP contribution in [0.25, 0.3) is 0 Å². The monoisotopic (exact) mass is 495 g/mol. The molecule has 0 radical (unpaired) electrons. The molecular weight excluding hydrogens is 476 g/mol. The summed E-state index contributed by atoms with van der Waals surface area (Å²) < 4.78 is 110. The van der Waals surface area contributed by atoms with Crippen LogP contribution in [-0.2, 0) is 22.2 Å². The molecule has 3 heterocycles. The van der Waals surface area contributed by atoms with Crippen LogP contribution in [-0.4, -0.2) is 55.5 Å². The number of aromatic nitrogens is 1. The summed E-state index contributed by atoms with van der Waals surface area (Å²) in [7, 11) is -4.19. The zero-order chi connectivity index (χ0) is 24.0. The van der Waals surface area contributed by atoms with Gasteiger partial charge in [-0.15, -0.1) is 0 Å².